The van der Waals surface area contributed by atoms with Gasteiger partial charge in [-0.15, -0.1) is 0 Å². The number of alkyl halides is 3. The van der Waals surface area contributed by atoms with Crippen molar-refractivity contribution in [2.24, 2.45) is 5.92 Å². The summed E-state index contributed by atoms with van der Waals surface area (Å²) in [6.45, 7) is 4.57. The number of rotatable bonds is 8. The Morgan fingerprint density at radius 3 is 2.33 bits per heavy atom. The molecule has 0 spiro atoms. The molecule has 0 radical (unpaired) electrons. The van der Waals surface area contributed by atoms with Crippen LogP contribution in [0.5, 0.6) is 0 Å². The number of carbonyl (C=O) groups excluding carboxylic acids is 1. The molecule has 2 aliphatic heterocycles. The first-order chi connectivity index (χ1) is 20.1. The summed E-state index contributed by atoms with van der Waals surface area (Å²) in [7, 11) is 0. The van der Waals surface area contributed by atoms with E-state index in [4.69, 9.17) is 44.3 Å². The average molecular weight is 634 g/mol. The Bertz CT molecular complexity index is 1350. The first kappa shape index (κ1) is 31.2. The highest BCUT2D eigenvalue weighted by atomic mass is 35.6. The van der Waals surface area contributed by atoms with Crippen LogP contribution in [-0.4, -0.2) is 56.7 Å². The van der Waals surface area contributed by atoms with Gasteiger partial charge in [-0.1, -0.05) is 108 Å². The molecule has 0 unspecified atom stereocenters. The van der Waals surface area contributed by atoms with E-state index in [1.807, 2.05) is 72.8 Å². The van der Waals surface area contributed by atoms with Gasteiger partial charge in [0.1, 0.15) is 0 Å². The number of nitrogens with zero attached hydrogens (tertiary/aromatic N) is 1. The van der Waals surface area contributed by atoms with Gasteiger partial charge in [0.25, 0.3) is 9.70 Å². The fourth-order valence-electron chi connectivity index (χ4n) is 5.54. The lowest BCUT2D eigenvalue weighted by atomic mass is 9.90. The van der Waals surface area contributed by atoms with Crippen molar-refractivity contribution in [3.8, 4) is 11.1 Å². The molecule has 5 rings (SSSR count). The minimum Gasteiger partial charge on any atom is -0.392 e. The van der Waals surface area contributed by atoms with E-state index in [-0.39, 0.29) is 37.4 Å². The summed E-state index contributed by atoms with van der Waals surface area (Å²) in [6, 6.07) is 23.7. The van der Waals surface area contributed by atoms with Gasteiger partial charge in [-0.3, -0.25) is 9.69 Å². The third-order valence-electron chi connectivity index (χ3n) is 7.96. The average Bonchev–Trinajstić information content (AvgIpc) is 3.41. The van der Waals surface area contributed by atoms with Gasteiger partial charge in [-0.25, -0.2) is 0 Å². The molecule has 0 saturated carbocycles. The second-order valence-electron chi connectivity index (χ2n) is 11.0. The molecule has 1 amide bonds. The normalized spacial score (nSPS) is 25.0. The summed E-state index contributed by atoms with van der Waals surface area (Å²) < 4.78 is 11.1. The topological polar surface area (TPSA) is 91.3 Å². The molecule has 2 heterocycles. The van der Waals surface area contributed by atoms with Gasteiger partial charge in [-0.2, -0.15) is 0 Å². The summed E-state index contributed by atoms with van der Waals surface area (Å²) in [4.78, 5) is 14.2. The van der Waals surface area contributed by atoms with Crippen molar-refractivity contribution in [3.05, 3.63) is 95.1 Å². The number of hydrogen-bond acceptors (Lipinski definition) is 6. The van der Waals surface area contributed by atoms with E-state index in [0.717, 1.165) is 46.3 Å². The van der Waals surface area contributed by atoms with Crippen LogP contribution in [0.4, 0.5) is 0 Å². The number of aliphatic hydroxyl groups excluding tert-OH is 2. The first-order valence-corrected chi connectivity index (χ1v) is 15.2. The van der Waals surface area contributed by atoms with Crippen molar-refractivity contribution in [2.75, 3.05) is 19.6 Å². The number of ether oxygens (including phenoxy) is 2. The number of amides is 1. The highest BCUT2D eigenvalue weighted by Gasteiger charge is 2.40. The van der Waals surface area contributed by atoms with E-state index in [9.17, 15) is 15.0 Å². The van der Waals surface area contributed by atoms with Gasteiger partial charge in [-0.05, 0) is 40.3 Å². The molecule has 3 aromatic rings. The van der Waals surface area contributed by atoms with Gasteiger partial charge < -0.3 is 25.0 Å². The molecule has 7 nitrogen and oxygen atoms in total. The fraction of sp³-hybridized carbons (Fsp3) is 0.406. The molecule has 5 atom stereocenters. The summed E-state index contributed by atoms with van der Waals surface area (Å²) in [6.07, 6.45) is -0.396. The van der Waals surface area contributed by atoms with Crippen LogP contribution in [0.25, 0.3) is 11.1 Å². The van der Waals surface area contributed by atoms with Crippen molar-refractivity contribution < 1.29 is 24.5 Å². The Hall–Kier alpha value is -2.20. The minimum atomic E-state index is -2.01. The van der Waals surface area contributed by atoms with Crippen molar-refractivity contribution in [1.82, 2.24) is 10.2 Å². The predicted molar refractivity (Wildman–Crippen MR) is 164 cm³/mol. The summed E-state index contributed by atoms with van der Waals surface area (Å²) in [5.41, 5.74) is 5.64. The van der Waals surface area contributed by atoms with Crippen molar-refractivity contribution in [3.63, 3.8) is 0 Å². The summed E-state index contributed by atoms with van der Waals surface area (Å²) in [5.74, 6) is -0.603. The Kier molecular flexibility index (Phi) is 10.1. The number of carbonyl (C=O) groups is 1. The molecular weight excluding hydrogens is 599 g/mol. The molecule has 0 bridgehead atoms. The molecule has 0 aliphatic carbocycles. The molecule has 3 N–H and O–H groups in total. The van der Waals surface area contributed by atoms with Crippen LogP contribution in [0, 0.1) is 5.92 Å². The molecule has 10 heteroatoms. The lowest BCUT2D eigenvalue weighted by Gasteiger charge is -2.42. The van der Waals surface area contributed by atoms with E-state index in [1.54, 1.807) is 0 Å². The quantitative estimate of drug-likeness (QED) is 0.276. The van der Waals surface area contributed by atoms with Gasteiger partial charge in [0, 0.05) is 37.7 Å². The molecule has 224 valence electrons. The van der Waals surface area contributed by atoms with Crippen LogP contribution in [-0.2, 0) is 27.4 Å². The van der Waals surface area contributed by atoms with E-state index >= 15 is 0 Å². The third-order valence-corrected chi connectivity index (χ3v) is 8.48. The molecular formula is C32H35Cl3N2O5. The molecule has 42 heavy (non-hydrogen) atoms. The van der Waals surface area contributed by atoms with E-state index in [0.29, 0.717) is 13.1 Å². The Labute approximate surface area is 261 Å². The highest BCUT2D eigenvalue weighted by molar-refractivity contribution is 6.76. The summed E-state index contributed by atoms with van der Waals surface area (Å²) >= 11 is 17.0. The number of likely N-dealkylation sites (tertiary alicyclic amines) is 1. The number of nitrogens with one attached hydrogen (secondary N) is 1. The van der Waals surface area contributed by atoms with E-state index in [2.05, 4.69) is 17.1 Å². The third kappa shape index (κ3) is 7.65. The first-order valence-electron chi connectivity index (χ1n) is 14.1. The van der Waals surface area contributed by atoms with Gasteiger partial charge in [0.2, 0.25) is 0 Å². The zero-order chi connectivity index (χ0) is 29.9. The monoisotopic (exact) mass is 632 g/mol. The van der Waals surface area contributed by atoms with Gasteiger partial charge >= 0.3 is 0 Å². The Morgan fingerprint density at radius 1 is 0.976 bits per heavy atom. The summed E-state index contributed by atoms with van der Waals surface area (Å²) in [5, 5.41) is 22.2. The van der Waals surface area contributed by atoms with Crippen LogP contribution in [0.3, 0.4) is 0 Å². The number of benzene rings is 3. The Balaban J connectivity index is 1.33. The van der Waals surface area contributed by atoms with Crippen LogP contribution in [0.2, 0.25) is 0 Å². The SMILES string of the molecule is C[C@H]1[C@@H](CN2CC[C@H](O)C2)O[C@@H](c2ccc(-c3cccc(CNC(=O)C(Cl)(Cl)Cl)c3)cc2)O[C@H]1c1ccc(CO)cc1. The minimum absolute atomic E-state index is 0.00808. The molecule has 2 aliphatic rings. The molecule has 2 saturated heterocycles. The second kappa shape index (κ2) is 13.6. The second-order valence-corrected chi connectivity index (χ2v) is 13.3. The highest BCUT2D eigenvalue weighted by Crippen LogP contribution is 2.42. The maximum atomic E-state index is 11.9. The Morgan fingerprint density at radius 2 is 1.69 bits per heavy atom. The molecule has 3 aromatic carbocycles. The lowest BCUT2D eigenvalue weighted by Crippen LogP contribution is -2.44. The van der Waals surface area contributed by atoms with Crippen molar-refractivity contribution >= 4 is 40.7 Å². The van der Waals surface area contributed by atoms with Crippen LogP contribution in [0.15, 0.2) is 72.8 Å². The fourth-order valence-corrected chi connectivity index (χ4v) is 5.74. The largest absolute Gasteiger partial charge is 0.392 e. The lowest BCUT2D eigenvalue weighted by molar-refractivity contribution is -0.276. The smallest absolute Gasteiger partial charge is 0.272 e. The van der Waals surface area contributed by atoms with Crippen molar-refractivity contribution in [1.29, 1.82) is 0 Å². The van der Waals surface area contributed by atoms with Gasteiger partial charge in [0.15, 0.2) is 6.29 Å². The molecule has 0 aromatic heterocycles. The number of aliphatic hydroxyl groups is 2. The zero-order valence-corrected chi connectivity index (χ0v) is 25.5. The van der Waals surface area contributed by atoms with Crippen molar-refractivity contribution in [2.45, 2.75) is 54.9 Å². The number of β-amino-alcohol motifs (C(OH)–C–C–N with tert-alkyl or cyclic N) is 1. The van der Waals surface area contributed by atoms with Gasteiger partial charge in [0.05, 0.1) is 24.9 Å². The number of hydrogen-bond donors (Lipinski definition) is 3. The zero-order valence-electron chi connectivity index (χ0n) is 23.3. The maximum Gasteiger partial charge on any atom is 0.272 e. The predicted octanol–water partition coefficient (Wildman–Crippen LogP) is 5.69. The van der Waals surface area contributed by atoms with E-state index in [1.165, 1.54) is 0 Å². The van der Waals surface area contributed by atoms with Crippen LogP contribution >= 0.6 is 34.8 Å². The molecule has 2 fully saturated rings. The standard InChI is InChI=1S/C32H35Cl3N2O5/c1-20-28(18-37-14-13-27(39)17-37)41-30(42-29(20)24-7-5-21(19-38)6-8-24)25-11-9-23(10-12-25)26-4-2-3-22(15-26)16-36-31(40)32(33,34)35/h2-12,15,20,27-30,38-39H,13-14,16-19H2,1H3,(H,36,40)/t20-,27-,28+,29+,30+/m0/s1. The maximum absolute atomic E-state index is 11.9. The number of halogens is 3. The van der Waals surface area contributed by atoms with E-state index < -0.39 is 16.0 Å². The van der Waals surface area contributed by atoms with Crippen LogP contribution in [0.1, 0.15) is 48.0 Å². The van der Waals surface area contributed by atoms with Crippen LogP contribution < -0.4 is 5.32 Å².